The zero-order valence-electron chi connectivity index (χ0n) is 30.0. The van der Waals surface area contributed by atoms with Crippen LogP contribution >= 0.6 is 11.3 Å². The van der Waals surface area contributed by atoms with Gasteiger partial charge in [-0.15, -0.1) is 11.3 Å². The number of para-hydroxylation sites is 1. The minimum absolute atomic E-state index is 0.607. The highest BCUT2D eigenvalue weighted by atomic mass is 32.1. The van der Waals surface area contributed by atoms with Crippen LogP contribution in [0.3, 0.4) is 0 Å². The number of hydrogen-bond acceptors (Lipinski definition) is 5. The molecule has 0 atom stereocenters. The average Bonchev–Trinajstić information content (AvgIpc) is 3.83. The highest BCUT2D eigenvalue weighted by molar-refractivity contribution is 7.26. The van der Waals surface area contributed by atoms with Crippen molar-refractivity contribution >= 4 is 53.3 Å². The number of rotatable bonds is 6. The predicted octanol–water partition coefficient (Wildman–Crippen LogP) is 13.1. The summed E-state index contributed by atoms with van der Waals surface area (Å²) in [6.07, 6.45) is 3.71. The first kappa shape index (κ1) is 32.2. The van der Waals surface area contributed by atoms with E-state index in [-0.39, 0.29) is 0 Å². The van der Waals surface area contributed by atoms with Gasteiger partial charge in [-0.3, -0.25) is 4.98 Å². The maximum Gasteiger partial charge on any atom is 0.164 e. The molecule has 4 heterocycles. The molecule has 11 aromatic rings. The van der Waals surface area contributed by atoms with E-state index in [1.165, 1.54) is 42.0 Å². The summed E-state index contributed by atoms with van der Waals surface area (Å²) in [4.78, 5) is 19.6. The molecule has 0 radical (unpaired) electrons. The summed E-state index contributed by atoms with van der Waals surface area (Å²) in [6.45, 7) is 0. The third-order valence-corrected chi connectivity index (χ3v) is 11.7. The summed E-state index contributed by atoms with van der Waals surface area (Å²) in [6, 6.07) is 61.8. The van der Waals surface area contributed by atoms with Gasteiger partial charge in [0, 0.05) is 71.3 Å². The Balaban J connectivity index is 1.11. The number of benzene rings is 7. The van der Waals surface area contributed by atoms with Crippen molar-refractivity contribution < 1.29 is 0 Å². The van der Waals surface area contributed by atoms with Crippen LogP contribution in [-0.2, 0) is 0 Å². The SMILES string of the molecule is c1ccc(-c2nc(-c3ccccc3)nc(-c3cc(-c4cccnc4)cc(-c4cccc(-n5c6ccccc6c6c7sc8ccccc8c7ccc65)c4)c3)n2)cc1. The van der Waals surface area contributed by atoms with E-state index in [2.05, 4.69) is 119 Å². The standard InChI is InChI=1S/C50H31N5S/c1-3-13-32(14-4-1)48-52-49(33-15-5-2-6-16-33)54-50(53-48)38-28-36(27-37(29-38)35-18-12-26-51-31-35)34-17-11-19-39(30-34)55-43-22-9-7-21-42(43)46-44(55)25-24-41-40-20-8-10-23-45(40)56-47(41)46/h1-31H. The van der Waals surface area contributed by atoms with Crippen molar-refractivity contribution in [2.45, 2.75) is 0 Å². The van der Waals surface area contributed by atoms with Crippen LogP contribution < -0.4 is 0 Å². The van der Waals surface area contributed by atoms with Crippen LogP contribution in [0.1, 0.15) is 0 Å². The molecule has 0 N–H and O–H groups in total. The van der Waals surface area contributed by atoms with Gasteiger partial charge >= 0.3 is 0 Å². The van der Waals surface area contributed by atoms with Crippen molar-refractivity contribution in [2.75, 3.05) is 0 Å². The van der Waals surface area contributed by atoms with Gasteiger partial charge in [-0.25, -0.2) is 15.0 Å². The van der Waals surface area contributed by atoms with Gasteiger partial charge in [-0.1, -0.05) is 121 Å². The van der Waals surface area contributed by atoms with Crippen molar-refractivity contribution in [3.05, 3.63) is 188 Å². The van der Waals surface area contributed by atoms with E-state index < -0.39 is 0 Å². The van der Waals surface area contributed by atoms with E-state index in [1.54, 1.807) is 6.20 Å². The molecule has 5 nitrogen and oxygen atoms in total. The lowest BCUT2D eigenvalue weighted by molar-refractivity contribution is 1.07. The summed E-state index contributed by atoms with van der Waals surface area (Å²) in [7, 11) is 0. The van der Waals surface area contributed by atoms with E-state index in [1.807, 2.05) is 84.3 Å². The molecule has 0 amide bonds. The summed E-state index contributed by atoms with van der Waals surface area (Å²) >= 11 is 1.88. The smallest absolute Gasteiger partial charge is 0.164 e. The predicted molar refractivity (Wildman–Crippen MR) is 232 cm³/mol. The molecule has 4 aromatic heterocycles. The number of pyridine rings is 1. The normalized spacial score (nSPS) is 11.6. The molecular weight excluding hydrogens is 703 g/mol. The lowest BCUT2D eigenvalue weighted by atomic mass is 9.96. The lowest BCUT2D eigenvalue weighted by Gasteiger charge is -2.14. The monoisotopic (exact) mass is 733 g/mol. The molecule has 56 heavy (non-hydrogen) atoms. The molecule has 0 saturated carbocycles. The van der Waals surface area contributed by atoms with E-state index in [4.69, 9.17) is 15.0 Å². The molecule has 0 aliphatic heterocycles. The van der Waals surface area contributed by atoms with Crippen LogP contribution in [0.4, 0.5) is 0 Å². The first-order valence-corrected chi connectivity index (χ1v) is 19.4. The number of fused-ring (bicyclic) bond motifs is 7. The molecule has 11 rings (SSSR count). The first-order chi connectivity index (χ1) is 27.7. The second-order valence-electron chi connectivity index (χ2n) is 13.9. The summed E-state index contributed by atoms with van der Waals surface area (Å²) in [5.41, 5.74) is 10.4. The van der Waals surface area contributed by atoms with Gasteiger partial charge in [0.25, 0.3) is 0 Å². The molecular formula is C50H31N5S. The summed E-state index contributed by atoms with van der Waals surface area (Å²) in [5, 5.41) is 5.16. The van der Waals surface area contributed by atoms with Crippen molar-refractivity contribution in [3.63, 3.8) is 0 Å². The summed E-state index contributed by atoms with van der Waals surface area (Å²) in [5.74, 6) is 1.86. The van der Waals surface area contributed by atoms with E-state index >= 15 is 0 Å². The van der Waals surface area contributed by atoms with Gasteiger partial charge in [0.2, 0.25) is 0 Å². The fourth-order valence-electron chi connectivity index (χ4n) is 7.90. The Morgan fingerprint density at radius 3 is 1.73 bits per heavy atom. The third kappa shape index (κ3) is 5.46. The fourth-order valence-corrected chi connectivity index (χ4v) is 9.16. The van der Waals surface area contributed by atoms with Crippen molar-refractivity contribution in [1.29, 1.82) is 0 Å². The van der Waals surface area contributed by atoms with Gasteiger partial charge in [0.05, 0.1) is 11.0 Å². The van der Waals surface area contributed by atoms with E-state index in [9.17, 15) is 0 Å². The topological polar surface area (TPSA) is 56.5 Å². The van der Waals surface area contributed by atoms with Crippen molar-refractivity contribution in [3.8, 4) is 62.1 Å². The highest BCUT2D eigenvalue weighted by Gasteiger charge is 2.19. The molecule has 6 heteroatoms. The van der Waals surface area contributed by atoms with E-state index in [0.29, 0.717) is 17.5 Å². The zero-order chi connectivity index (χ0) is 37.0. The lowest BCUT2D eigenvalue weighted by Crippen LogP contribution is -2.00. The minimum atomic E-state index is 0.607. The van der Waals surface area contributed by atoms with Gasteiger partial charge < -0.3 is 4.57 Å². The Morgan fingerprint density at radius 1 is 0.393 bits per heavy atom. The molecule has 0 aliphatic carbocycles. The van der Waals surface area contributed by atoms with Crippen LogP contribution in [0.2, 0.25) is 0 Å². The molecule has 262 valence electrons. The number of thiophene rings is 1. The second-order valence-corrected chi connectivity index (χ2v) is 15.0. The van der Waals surface area contributed by atoms with Gasteiger partial charge in [0.15, 0.2) is 17.5 Å². The quantitative estimate of drug-likeness (QED) is 0.171. The third-order valence-electron chi connectivity index (χ3n) is 10.5. The molecule has 0 aliphatic rings. The van der Waals surface area contributed by atoms with Crippen LogP contribution in [0, 0.1) is 0 Å². The van der Waals surface area contributed by atoms with Gasteiger partial charge in [-0.2, -0.15) is 0 Å². The van der Waals surface area contributed by atoms with E-state index in [0.717, 1.165) is 44.6 Å². The zero-order valence-corrected chi connectivity index (χ0v) is 30.9. The maximum absolute atomic E-state index is 5.10. The average molecular weight is 734 g/mol. The molecule has 0 fully saturated rings. The fraction of sp³-hybridized carbons (Fsp3) is 0. The van der Waals surface area contributed by atoms with Crippen LogP contribution in [0.25, 0.3) is 104 Å². The Bertz CT molecular complexity index is 3190. The number of nitrogens with zero attached hydrogens (tertiary/aromatic N) is 5. The van der Waals surface area contributed by atoms with Crippen LogP contribution in [-0.4, -0.2) is 24.5 Å². The molecule has 0 unspecified atom stereocenters. The minimum Gasteiger partial charge on any atom is -0.309 e. The second kappa shape index (κ2) is 13.2. The maximum atomic E-state index is 5.10. The van der Waals surface area contributed by atoms with Crippen molar-refractivity contribution in [2.24, 2.45) is 0 Å². The Morgan fingerprint density at radius 2 is 1.00 bits per heavy atom. The summed E-state index contributed by atoms with van der Waals surface area (Å²) < 4.78 is 5.04. The van der Waals surface area contributed by atoms with Crippen LogP contribution in [0.15, 0.2) is 188 Å². The number of aromatic nitrogens is 5. The van der Waals surface area contributed by atoms with Crippen molar-refractivity contribution in [1.82, 2.24) is 24.5 Å². The molecule has 0 saturated heterocycles. The largest absolute Gasteiger partial charge is 0.309 e. The van der Waals surface area contributed by atoms with Gasteiger partial charge in [-0.05, 0) is 71.3 Å². The first-order valence-electron chi connectivity index (χ1n) is 18.6. The number of hydrogen-bond donors (Lipinski definition) is 0. The Labute approximate surface area is 326 Å². The van der Waals surface area contributed by atoms with Gasteiger partial charge in [0.1, 0.15) is 0 Å². The molecule has 0 spiro atoms. The molecule has 7 aromatic carbocycles. The Hall–Kier alpha value is -7.28. The highest BCUT2D eigenvalue weighted by Crippen LogP contribution is 2.43. The Kier molecular flexibility index (Phi) is 7.60. The molecule has 0 bridgehead atoms. The van der Waals surface area contributed by atoms with Crippen LogP contribution in [0.5, 0.6) is 0 Å².